The van der Waals surface area contributed by atoms with E-state index < -0.39 is 0 Å². The van der Waals surface area contributed by atoms with E-state index in [-0.39, 0.29) is 0 Å². The zero-order valence-corrected chi connectivity index (χ0v) is 12.4. The maximum atomic E-state index is 4.10. The Morgan fingerprint density at radius 3 is 3.00 bits per heavy atom. The van der Waals surface area contributed by atoms with Crippen LogP contribution in [0.3, 0.4) is 0 Å². The van der Waals surface area contributed by atoms with Gasteiger partial charge >= 0.3 is 0 Å². The molecule has 0 aliphatic rings. The first-order chi connectivity index (χ1) is 8.74. The SMILES string of the molecule is CC(C)NCc1cccc(SCc2cncs2)c1. The van der Waals surface area contributed by atoms with Crippen LogP contribution in [0.25, 0.3) is 0 Å². The highest BCUT2D eigenvalue weighted by atomic mass is 32.2. The van der Waals surface area contributed by atoms with Gasteiger partial charge in [-0.05, 0) is 17.7 Å². The second kappa shape index (κ2) is 6.92. The smallest absolute Gasteiger partial charge is 0.0794 e. The maximum absolute atomic E-state index is 4.10. The Bertz CT molecular complexity index is 466. The van der Waals surface area contributed by atoms with Gasteiger partial charge in [0.15, 0.2) is 0 Å². The van der Waals surface area contributed by atoms with Crippen molar-refractivity contribution in [1.82, 2.24) is 10.3 Å². The Morgan fingerprint density at radius 2 is 2.28 bits per heavy atom. The summed E-state index contributed by atoms with van der Waals surface area (Å²) in [6.07, 6.45) is 1.95. The summed E-state index contributed by atoms with van der Waals surface area (Å²) in [4.78, 5) is 6.75. The first kappa shape index (κ1) is 13.6. The van der Waals surface area contributed by atoms with E-state index in [2.05, 4.69) is 48.4 Å². The van der Waals surface area contributed by atoms with Gasteiger partial charge in [-0.25, -0.2) is 0 Å². The zero-order valence-electron chi connectivity index (χ0n) is 10.7. The molecule has 4 heteroatoms. The molecule has 0 amide bonds. The van der Waals surface area contributed by atoms with Crippen LogP contribution >= 0.6 is 23.1 Å². The average Bonchev–Trinajstić information content (AvgIpc) is 2.87. The first-order valence-electron chi connectivity index (χ1n) is 6.06. The van der Waals surface area contributed by atoms with Crippen molar-refractivity contribution in [2.24, 2.45) is 0 Å². The Balaban J connectivity index is 1.90. The molecule has 0 aliphatic heterocycles. The highest BCUT2D eigenvalue weighted by Crippen LogP contribution is 2.24. The van der Waals surface area contributed by atoms with E-state index in [1.807, 2.05) is 23.5 Å². The minimum Gasteiger partial charge on any atom is -0.310 e. The van der Waals surface area contributed by atoms with Gasteiger partial charge in [0.05, 0.1) is 5.51 Å². The average molecular weight is 278 g/mol. The van der Waals surface area contributed by atoms with Crippen molar-refractivity contribution in [3.05, 3.63) is 46.4 Å². The lowest BCUT2D eigenvalue weighted by atomic mass is 10.2. The summed E-state index contributed by atoms with van der Waals surface area (Å²) < 4.78 is 0. The topological polar surface area (TPSA) is 24.9 Å². The van der Waals surface area contributed by atoms with E-state index in [0.29, 0.717) is 6.04 Å². The van der Waals surface area contributed by atoms with Crippen molar-refractivity contribution in [3.8, 4) is 0 Å². The molecule has 0 unspecified atom stereocenters. The third kappa shape index (κ3) is 4.44. The fourth-order valence-electron chi connectivity index (χ4n) is 1.54. The van der Waals surface area contributed by atoms with Crippen molar-refractivity contribution >= 4 is 23.1 Å². The number of thioether (sulfide) groups is 1. The van der Waals surface area contributed by atoms with E-state index in [0.717, 1.165) is 12.3 Å². The lowest BCUT2D eigenvalue weighted by Gasteiger charge is -2.09. The van der Waals surface area contributed by atoms with Crippen LogP contribution in [-0.4, -0.2) is 11.0 Å². The third-order valence-corrected chi connectivity index (χ3v) is 4.48. The van der Waals surface area contributed by atoms with Gasteiger partial charge in [-0.1, -0.05) is 26.0 Å². The molecule has 0 bridgehead atoms. The second-order valence-electron chi connectivity index (χ2n) is 4.44. The zero-order chi connectivity index (χ0) is 12.8. The molecule has 0 saturated carbocycles. The first-order valence-corrected chi connectivity index (χ1v) is 7.93. The fraction of sp³-hybridized carbons (Fsp3) is 0.357. The van der Waals surface area contributed by atoms with E-state index in [9.17, 15) is 0 Å². The van der Waals surface area contributed by atoms with Crippen LogP contribution in [0.4, 0.5) is 0 Å². The molecule has 0 aliphatic carbocycles. The maximum Gasteiger partial charge on any atom is 0.0794 e. The molecule has 0 fully saturated rings. The molecule has 2 rings (SSSR count). The van der Waals surface area contributed by atoms with Crippen LogP contribution in [0.2, 0.25) is 0 Å². The molecule has 1 N–H and O–H groups in total. The molecule has 1 heterocycles. The molecule has 0 radical (unpaired) electrons. The number of aromatic nitrogens is 1. The second-order valence-corrected chi connectivity index (χ2v) is 6.46. The van der Waals surface area contributed by atoms with Crippen LogP contribution in [0.1, 0.15) is 24.3 Å². The molecule has 1 aromatic carbocycles. The van der Waals surface area contributed by atoms with Crippen molar-refractivity contribution in [2.45, 2.75) is 37.1 Å². The minimum absolute atomic E-state index is 0.526. The van der Waals surface area contributed by atoms with E-state index in [1.165, 1.54) is 15.3 Å². The Hall–Kier alpha value is -0.840. The van der Waals surface area contributed by atoms with E-state index in [4.69, 9.17) is 0 Å². The summed E-state index contributed by atoms with van der Waals surface area (Å²) in [5, 5.41) is 3.44. The largest absolute Gasteiger partial charge is 0.310 e. The predicted octanol–water partition coefficient (Wildman–Crippen LogP) is 3.93. The van der Waals surface area contributed by atoms with Crippen molar-refractivity contribution in [3.63, 3.8) is 0 Å². The number of thiazole rings is 1. The van der Waals surface area contributed by atoms with E-state index in [1.54, 1.807) is 11.3 Å². The van der Waals surface area contributed by atoms with Gasteiger partial charge in [0.25, 0.3) is 0 Å². The van der Waals surface area contributed by atoms with Crippen molar-refractivity contribution in [1.29, 1.82) is 0 Å². The monoisotopic (exact) mass is 278 g/mol. The van der Waals surface area contributed by atoms with Crippen molar-refractivity contribution in [2.75, 3.05) is 0 Å². The number of rotatable bonds is 6. The lowest BCUT2D eigenvalue weighted by molar-refractivity contribution is 0.588. The summed E-state index contributed by atoms with van der Waals surface area (Å²) in [5.74, 6) is 1.01. The van der Waals surface area contributed by atoms with Crippen LogP contribution < -0.4 is 5.32 Å². The van der Waals surface area contributed by atoms with Gasteiger partial charge in [0, 0.05) is 34.3 Å². The summed E-state index contributed by atoms with van der Waals surface area (Å²) in [6.45, 7) is 5.28. The Morgan fingerprint density at radius 1 is 1.39 bits per heavy atom. The van der Waals surface area contributed by atoms with Crippen LogP contribution in [0, 0.1) is 0 Å². The highest BCUT2D eigenvalue weighted by Gasteiger charge is 2.00. The number of nitrogens with one attached hydrogen (secondary N) is 1. The highest BCUT2D eigenvalue weighted by molar-refractivity contribution is 7.98. The standard InChI is InChI=1S/C14H18N2S2/c1-11(2)16-7-12-4-3-5-13(6-12)17-9-14-8-15-10-18-14/h3-6,8,10-11,16H,7,9H2,1-2H3. The normalized spacial score (nSPS) is 11.1. The molecule has 2 aromatic rings. The summed E-state index contributed by atoms with van der Waals surface area (Å²) in [5.41, 5.74) is 3.23. The molecule has 18 heavy (non-hydrogen) atoms. The number of hydrogen-bond acceptors (Lipinski definition) is 4. The third-order valence-electron chi connectivity index (χ3n) is 2.48. The molecule has 1 aromatic heterocycles. The van der Waals surface area contributed by atoms with Gasteiger partial charge in [-0.3, -0.25) is 4.98 Å². The van der Waals surface area contributed by atoms with Gasteiger partial charge in [0.2, 0.25) is 0 Å². The lowest BCUT2D eigenvalue weighted by Crippen LogP contribution is -2.21. The molecule has 0 spiro atoms. The Kier molecular flexibility index (Phi) is 5.23. The van der Waals surface area contributed by atoms with Crippen LogP contribution in [0.5, 0.6) is 0 Å². The number of nitrogens with zero attached hydrogens (tertiary/aromatic N) is 1. The number of hydrogen-bond donors (Lipinski definition) is 1. The van der Waals surface area contributed by atoms with Gasteiger partial charge in [-0.2, -0.15) is 0 Å². The van der Waals surface area contributed by atoms with Gasteiger partial charge in [0.1, 0.15) is 0 Å². The minimum atomic E-state index is 0.526. The molecular weight excluding hydrogens is 260 g/mol. The Labute approximate surface area is 117 Å². The fourth-order valence-corrected chi connectivity index (χ4v) is 3.16. The van der Waals surface area contributed by atoms with Gasteiger partial charge in [-0.15, -0.1) is 23.1 Å². The van der Waals surface area contributed by atoms with Gasteiger partial charge < -0.3 is 5.32 Å². The quantitative estimate of drug-likeness (QED) is 0.810. The molecule has 0 saturated heterocycles. The number of benzene rings is 1. The summed E-state index contributed by atoms with van der Waals surface area (Å²) >= 11 is 3.59. The molecule has 96 valence electrons. The molecule has 2 nitrogen and oxygen atoms in total. The summed E-state index contributed by atoms with van der Waals surface area (Å²) in [7, 11) is 0. The van der Waals surface area contributed by atoms with E-state index >= 15 is 0 Å². The molecular formula is C14H18N2S2. The van der Waals surface area contributed by atoms with Crippen LogP contribution in [-0.2, 0) is 12.3 Å². The molecule has 0 atom stereocenters. The van der Waals surface area contributed by atoms with Crippen molar-refractivity contribution < 1.29 is 0 Å². The van der Waals surface area contributed by atoms with Crippen LogP contribution in [0.15, 0.2) is 40.9 Å². The predicted molar refractivity (Wildman–Crippen MR) is 80.1 cm³/mol. The summed E-state index contributed by atoms with van der Waals surface area (Å²) in [6, 6.07) is 9.27.